The minimum atomic E-state index is -0.111. The van der Waals surface area contributed by atoms with Crippen molar-refractivity contribution in [2.75, 3.05) is 20.1 Å². The summed E-state index contributed by atoms with van der Waals surface area (Å²) in [6.45, 7) is 2.04. The van der Waals surface area contributed by atoms with E-state index in [-0.39, 0.29) is 18.1 Å². The number of oxazole rings is 1. The van der Waals surface area contributed by atoms with E-state index in [2.05, 4.69) is 32.2 Å². The molecule has 1 aromatic carbocycles. The van der Waals surface area contributed by atoms with Crippen molar-refractivity contribution in [3.8, 4) is 11.1 Å². The maximum atomic E-state index is 12.8. The minimum Gasteiger partial charge on any atom is -0.448 e. The van der Waals surface area contributed by atoms with Crippen molar-refractivity contribution in [3.63, 3.8) is 0 Å². The summed E-state index contributed by atoms with van der Waals surface area (Å²) in [5.74, 6) is 0.839. The van der Waals surface area contributed by atoms with Crippen LogP contribution in [0.15, 0.2) is 47.3 Å². The summed E-state index contributed by atoms with van der Waals surface area (Å²) in [6, 6.07) is 7.89. The molecule has 1 aliphatic rings. The number of ketones is 1. The lowest BCUT2D eigenvalue weighted by atomic mass is 9.97. The van der Waals surface area contributed by atoms with E-state index in [1.165, 1.54) is 6.26 Å². The third-order valence-electron chi connectivity index (χ3n) is 5.89. The second kappa shape index (κ2) is 8.03. The number of fused-ring (bicyclic) bond motifs is 1. The average molecular weight is 416 g/mol. The molecule has 0 amide bonds. The van der Waals surface area contributed by atoms with Gasteiger partial charge in [-0.3, -0.25) is 9.48 Å². The smallest absolute Gasteiger partial charge is 0.197 e. The number of hydrogen-bond donors (Lipinski definition) is 0. The van der Waals surface area contributed by atoms with Gasteiger partial charge in [0.2, 0.25) is 0 Å². The Morgan fingerprint density at radius 1 is 1.13 bits per heavy atom. The Morgan fingerprint density at radius 3 is 2.74 bits per heavy atom. The fourth-order valence-corrected chi connectivity index (χ4v) is 4.04. The van der Waals surface area contributed by atoms with Gasteiger partial charge in [0.25, 0.3) is 0 Å². The molecule has 4 heterocycles. The summed E-state index contributed by atoms with van der Waals surface area (Å²) in [4.78, 5) is 19.6. The molecule has 1 saturated heterocycles. The van der Waals surface area contributed by atoms with Gasteiger partial charge in [-0.1, -0.05) is 6.07 Å². The molecule has 0 spiro atoms. The molecule has 31 heavy (non-hydrogen) atoms. The van der Waals surface area contributed by atoms with Crippen molar-refractivity contribution in [1.29, 1.82) is 0 Å². The van der Waals surface area contributed by atoms with Gasteiger partial charge in [-0.05, 0) is 56.7 Å². The summed E-state index contributed by atoms with van der Waals surface area (Å²) >= 11 is 0. The first-order chi connectivity index (χ1) is 15.0. The van der Waals surface area contributed by atoms with Gasteiger partial charge < -0.3 is 9.32 Å². The van der Waals surface area contributed by atoms with Gasteiger partial charge in [0, 0.05) is 30.1 Å². The van der Waals surface area contributed by atoms with E-state index < -0.39 is 0 Å². The van der Waals surface area contributed by atoms with Crippen LogP contribution < -0.4 is 0 Å². The molecule has 3 aromatic heterocycles. The van der Waals surface area contributed by atoms with Gasteiger partial charge in [0.15, 0.2) is 11.7 Å². The van der Waals surface area contributed by atoms with E-state index in [0.29, 0.717) is 17.3 Å². The van der Waals surface area contributed by atoms with Crippen LogP contribution in [-0.2, 0) is 13.5 Å². The topological polar surface area (TPSA) is 89.9 Å². The molecule has 158 valence electrons. The number of aromatic nitrogens is 5. The van der Waals surface area contributed by atoms with Crippen molar-refractivity contribution in [3.05, 3.63) is 60.2 Å². The third kappa shape index (κ3) is 4.11. The molecule has 0 aliphatic carbocycles. The lowest BCUT2D eigenvalue weighted by molar-refractivity contribution is 0.0987. The fourth-order valence-electron chi connectivity index (χ4n) is 4.04. The van der Waals surface area contributed by atoms with E-state index in [4.69, 9.17) is 4.42 Å². The molecule has 5 rings (SSSR count). The summed E-state index contributed by atoms with van der Waals surface area (Å²) in [6.07, 6.45) is 7.41. The van der Waals surface area contributed by atoms with E-state index in [1.807, 2.05) is 43.7 Å². The van der Waals surface area contributed by atoms with Gasteiger partial charge in [0.1, 0.15) is 12.0 Å². The Kier molecular flexibility index (Phi) is 5.07. The molecule has 4 aromatic rings. The number of carbonyl (C=O) groups excluding carboxylic acids is 1. The van der Waals surface area contributed by atoms with Crippen LogP contribution in [0.2, 0.25) is 0 Å². The summed E-state index contributed by atoms with van der Waals surface area (Å²) in [5, 5.41) is 13.7. The number of Topliss-reactive ketones (excluding diaryl/α,β-unsaturated/α-hetero) is 1. The average Bonchev–Trinajstić information content (AvgIpc) is 3.43. The van der Waals surface area contributed by atoms with Crippen molar-refractivity contribution < 1.29 is 9.21 Å². The molecule has 1 fully saturated rings. The Morgan fingerprint density at radius 2 is 1.97 bits per heavy atom. The predicted molar refractivity (Wildman–Crippen MR) is 116 cm³/mol. The number of rotatable bonds is 5. The van der Waals surface area contributed by atoms with E-state index in [0.717, 1.165) is 48.0 Å². The Bertz CT molecular complexity index is 1240. The molecule has 8 nitrogen and oxygen atoms in total. The number of nitrogens with zero attached hydrogens (tertiary/aromatic N) is 6. The van der Waals surface area contributed by atoms with E-state index >= 15 is 0 Å². The van der Waals surface area contributed by atoms with E-state index in [1.54, 1.807) is 4.68 Å². The number of likely N-dealkylation sites (tertiary alicyclic amines) is 1. The third-order valence-corrected chi connectivity index (χ3v) is 5.89. The lowest BCUT2D eigenvalue weighted by Crippen LogP contribution is -2.29. The van der Waals surface area contributed by atoms with Crippen LogP contribution in [0.4, 0.5) is 0 Å². The first-order valence-corrected chi connectivity index (χ1v) is 10.5. The highest BCUT2D eigenvalue weighted by Gasteiger charge is 2.24. The fraction of sp³-hybridized carbons (Fsp3) is 0.348. The molecule has 0 N–H and O–H groups in total. The van der Waals surface area contributed by atoms with Crippen LogP contribution in [0.3, 0.4) is 0 Å². The summed E-state index contributed by atoms with van der Waals surface area (Å²) in [5.41, 5.74) is 3.84. The lowest BCUT2D eigenvalue weighted by Gasteiger charge is -2.26. The number of carbonyl (C=O) groups is 1. The van der Waals surface area contributed by atoms with Gasteiger partial charge in [0.05, 0.1) is 23.8 Å². The second-order valence-electron chi connectivity index (χ2n) is 8.26. The van der Waals surface area contributed by atoms with Gasteiger partial charge >= 0.3 is 0 Å². The summed E-state index contributed by atoms with van der Waals surface area (Å²) < 4.78 is 7.41. The van der Waals surface area contributed by atoms with Crippen LogP contribution in [0.25, 0.3) is 22.0 Å². The highest BCUT2D eigenvalue weighted by atomic mass is 16.3. The number of aryl methyl sites for hydroxylation is 1. The van der Waals surface area contributed by atoms with Crippen LogP contribution in [0.1, 0.15) is 40.8 Å². The van der Waals surface area contributed by atoms with E-state index in [9.17, 15) is 4.79 Å². The Hall–Kier alpha value is -3.39. The highest BCUT2D eigenvalue weighted by Crippen LogP contribution is 2.27. The molecular weight excluding hydrogens is 392 g/mol. The molecule has 1 aliphatic heterocycles. The number of benzene rings is 1. The van der Waals surface area contributed by atoms with Crippen molar-refractivity contribution >= 4 is 16.7 Å². The molecule has 0 saturated carbocycles. The van der Waals surface area contributed by atoms with Gasteiger partial charge in [-0.25, -0.2) is 4.98 Å². The predicted octanol–water partition coefficient (Wildman–Crippen LogP) is 3.25. The molecular formula is C23H24N6O2. The second-order valence-corrected chi connectivity index (χ2v) is 8.26. The van der Waals surface area contributed by atoms with Crippen molar-refractivity contribution in [2.24, 2.45) is 7.05 Å². The maximum absolute atomic E-state index is 12.8. The zero-order chi connectivity index (χ0) is 21.4. The first-order valence-electron chi connectivity index (χ1n) is 10.5. The van der Waals surface area contributed by atoms with Crippen molar-refractivity contribution in [1.82, 2.24) is 29.9 Å². The number of hydrogen-bond acceptors (Lipinski definition) is 7. The molecule has 0 bridgehead atoms. The zero-order valence-corrected chi connectivity index (χ0v) is 17.7. The Balaban J connectivity index is 1.33. The maximum Gasteiger partial charge on any atom is 0.197 e. The molecule has 8 heteroatoms. The zero-order valence-electron chi connectivity index (χ0n) is 17.7. The Labute approximate surface area is 179 Å². The van der Waals surface area contributed by atoms with Crippen molar-refractivity contribution in [2.45, 2.75) is 25.2 Å². The van der Waals surface area contributed by atoms with Crippen LogP contribution in [0, 0.1) is 0 Å². The molecule has 0 unspecified atom stereocenters. The first kappa shape index (κ1) is 19.6. The van der Waals surface area contributed by atoms with Crippen LogP contribution in [0.5, 0.6) is 0 Å². The number of piperidine rings is 1. The van der Waals surface area contributed by atoms with Crippen LogP contribution in [-0.4, -0.2) is 55.8 Å². The van der Waals surface area contributed by atoms with Gasteiger partial charge in [-0.2, -0.15) is 15.3 Å². The molecule has 0 radical (unpaired) electrons. The monoisotopic (exact) mass is 416 g/mol. The molecule has 0 atom stereocenters. The largest absolute Gasteiger partial charge is 0.448 e. The minimum absolute atomic E-state index is 0.111. The normalized spacial score (nSPS) is 15.5. The summed E-state index contributed by atoms with van der Waals surface area (Å²) in [7, 11) is 4.01. The standard InChI is InChI=1S/C23H24N6O2/c1-28-7-5-15(6-8-28)23-25-21(14-31-23)22(30)11-19-10-17-9-16(3-4-20(17)27-26-19)18-12-24-29(2)13-18/h3-4,9-10,12-15H,5-8,11H2,1-2H3. The SMILES string of the molecule is CN1CCC(c2nc(C(=O)Cc3cc4cc(-c5cnn(C)c5)ccc4nn3)co2)CC1. The van der Waals surface area contributed by atoms with Crippen LogP contribution >= 0.6 is 0 Å². The quantitative estimate of drug-likeness (QED) is 0.461. The highest BCUT2D eigenvalue weighted by molar-refractivity contribution is 5.95. The van der Waals surface area contributed by atoms with Gasteiger partial charge in [-0.15, -0.1) is 0 Å².